The van der Waals surface area contributed by atoms with Crippen molar-refractivity contribution in [1.29, 1.82) is 0 Å². The van der Waals surface area contributed by atoms with Gasteiger partial charge in [0.2, 0.25) is 5.91 Å². The van der Waals surface area contributed by atoms with E-state index in [-0.39, 0.29) is 11.9 Å². The molecule has 0 radical (unpaired) electrons. The molecule has 0 aliphatic rings. The maximum Gasteiger partial charge on any atom is 0.246 e. The lowest BCUT2D eigenvalue weighted by molar-refractivity contribution is -0.131. The van der Waals surface area contributed by atoms with Gasteiger partial charge in [-0.05, 0) is 31.1 Å². The van der Waals surface area contributed by atoms with E-state index in [0.717, 1.165) is 11.1 Å². The minimum Gasteiger partial charge on any atom is -0.386 e. The van der Waals surface area contributed by atoms with Crippen LogP contribution in [0.5, 0.6) is 0 Å². The highest BCUT2D eigenvalue weighted by atomic mass is 16.3. The second kappa shape index (κ2) is 8.30. The molecule has 0 fully saturated rings. The van der Waals surface area contributed by atoms with Crippen LogP contribution in [0.2, 0.25) is 0 Å². The summed E-state index contributed by atoms with van der Waals surface area (Å²) in [6.07, 6.45) is 2.54. The minimum atomic E-state index is -0.728. The van der Waals surface area contributed by atoms with Crippen molar-refractivity contribution in [3.05, 3.63) is 83.9 Å². The molecule has 23 heavy (non-hydrogen) atoms. The molecule has 120 valence electrons. The van der Waals surface area contributed by atoms with Gasteiger partial charge in [0, 0.05) is 6.54 Å². The summed E-state index contributed by atoms with van der Waals surface area (Å²) in [6.45, 7) is 4.16. The Labute approximate surface area is 137 Å². The number of carbonyl (C=O) groups excluding carboxylic acids is 1. The number of nitrogens with zero attached hydrogens (tertiary/aromatic N) is 1. The van der Waals surface area contributed by atoms with Gasteiger partial charge in [-0.3, -0.25) is 4.79 Å². The lowest BCUT2D eigenvalue weighted by atomic mass is 10.0. The molecule has 0 aliphatic carbocycles. The van der Waals surface area contributed by atoms with Crippen molar-refractivity contribution in [2.24, 2.45) is 0 Å². The molecule has 0 saturated carbocycles. The molecule has 1 N–H and O–H groups in total. The topological polar surface area (TPSA) is 40.5 Å². The van der Waals surface area contributed by atoms with Crippen molar-refractivity contribution in [3.8, 4) is 0 Å². The number of aliphatic hydroxyl groups is 1. The number of benzene rings is 2. The summed E-state index contributed by atoms with van der Waals surface area (Å²) in [5.74, 6) is -0.0983. The standard InChI is InChI=1S/C20H23NO2/c1-3-10-19(22)21(15-17-11-6-4-7-12-17)16(2)20(23)18-13-8-5-9-14-18/h3-14,16,20,23H,15H2,1-2H3/b10-3+/t16-,20-/m1/s1. The molecule has 0 spiro atoms. The van der Waals surface area contributed by atoms with Gasteiger partial charge in [-0.25, -0.2) is 0 Å². The highest BCUT2D eigenvalue weighted by molar-refractivity contribution is 5.87. The van der Waals surface area contributed by atoms with Gasteiger partial charge in [-0.1, -0.05) is 66.7 Å². The monoisotopic (exact) mass is 309 g/mol. The predicted octanol–water partition coefficient (Wildman–Crippen LogP) is 3.71. The number of hydrogen-bond donors (Lipinski definition) is 1. The first-order valence-corrected chi connectivity index (χ1v) is 7.83. The lowest BCUT2D eigenvalue weighted by Gasteiger charge is -2.32. The highest BCUT2D eigenvalue weighted by Crippen LogP contribution is 2.22. The summed E-state index contributed by atoms with van der Waals surface area (Å²) < 4.78 is 0. The average Bonchev–Trinajstić information content (AvgIpc) is 2.60. The highest BCUT2D eigenvalue weighted by Gasteiger charge is 2.25. The van der Waals surface area contributed by atoms with Gasteiger partial charge in [0.05, 0.1) is 12.1 Å². The van der Waals surface area contributed by atoms with Gasteiger partial charge in [-0.2, -0.15) is 0 Å². The summed E-state index contributed by atoms with van der Waals surface area (Å²) in [4.78, 5) is 14.2. The third-order valence-electron chi connectivity index (χ3n) is 3.88. The molecule has 0 aliphatic heterocycles. The molecule has 0 unspecified atom stereocenters. The Bertz CT molecular complexity index is 637. The zero-order valence-electron chi connectivity index (χ0n) is 13.6. The van der Waals surface area contributed by atoms with Gasteiger partial charge in [0.25, 0.3) is 0 Å². The van der Waals surface area contributed by atoms with E-state index in [9.17, 15) is 9.90 Å². The fourth-order valence-electron chi connectivity index (χ4n) is 2.54. The van der Waals surface area contributed by atoms with E-state index in [1.807, 2.05) is 74.5 Å². The first kappa shape index (κ1) is 17.0. The fraction of sp³-hybridized carbons (Fsp3) is 0.250. The molecule has 0 heterocycles. The quantitative estimate of drug-likeness (QED) is 0.826. The zero-order valence-corrected chi connectivity index (χ0v) is 13.6. The van der Waals surface area contributed by atoms with Crippen molar-refractivity contribution < 1.29 is 9.90 Å². The van der Waals surface area contributed by atoms with Crippen molar-refractivity contribution in [1.82, 2.24) is 4.90 Å². The lowest BCUT2D eigenvalue weighted by Crippen LogP contribution is -2.40. The molecule has 2 atom stereocenters. The Morgan fingerprint density at radius 3 is 2.22 bits per heavy atom. The first-order valence-electron chi connectivity index (χ1n) is 7.83. The summed E-state index contributed by atoms with van der Waals surface area (Å²) in [5, 5.41) is 10.6. The van der Waals surface area contributed by atoms with Crippen LogP contribution in [0.3, 0.4) is 0 Å². The summed E-state index contributed by atoms with van der Waals surface area (Å²) >= 11 is 0. The van der Waals surface area contributed by atoms with Gasteiger partial charge >= 0.3 is 0 Å². The second-order valence-electron chi connectivity index (χ2n) is 5.55. The van der Waals surface area contributed by atoms with Crippen LogP contribution >= 0.6 is 0 Å². The number of hydrogen-bond acceptors (Lipinski definition) is 2. The van der Waals surface area contributed by atoms with Gasteiger partial charge in [-0.15, -0.1) is 0 Å². The summed E-state index contributed by atoms with van der Waals surface area (Å²) in [5.41, 5.74) is 1.85. The predicted molar refractivity (Wildman–Crippen MR) is 92.7 cm³/mol. The van der Waals surface area contributed by atoms with Crippen LogP contribution < -0.4 is 0 Å². The molecular weight excluding hydrogens is 286 g/mol. The molecule has 2 aromatic carbocycles. The van der Waals surface area contributed by atoms with Crippen LogP contribution in [-0.2, 0) is 11.3 Å². The molecular formula is C20H23NO2. The van der Waals surface area contributed by atoms with Crippen LogP contribution in [-0.4, -0.2) is 22.0 Å². The maximum absolute atomic E-state index is 12.5. The Morgan fingerprint density at radius 2 is 1.65 bits per heavy atom. The maximum atomic E-state index is 12.5. The third-order valence-corrected chi connectivity index (χ3v) is 3.88. The van der Waals surface area contributed by atoms with E-state index in [0.29, 0.717) is 6.54 Å². The van der Waals surface area contributed by atoms with Crippen LogP contribution in [0.4, 0.5) is 0 Å². The van der Waals surface area contributed by atoms with Crippen LogP contribution in [0.15, 0.2) is 72.8 Å². The number of rotatable bonds is 6. The van der Waals surface area contributed by atoms with Gasteiger partial charge in [0.15, 0.2) is 0 Å². The molecule has 0 aromatic heterocycles. The summed E-state index contributed by atoms with van der Waals surface area (Å²) in [7, 11) is 0. The zero-order chi connectivity index (χ0) is 16.7. The number of amides is 1. The van der Waals surface area contributed by atoms with Crippen LogP contribution in [0, 0.1) is 0 Å². The number of allylic oxidation sites excluding steroid dienone is 1. The smallest absolute Gasteiger partial charge is 0.246 e. The average molecular weight is 309 g/mol. The fourth-order valence-corrected chi connectivity index (χ4v) is 2.54. The molecule has 0 bridgehead atoms. The molecule has 3 heteroatoms. The Kier molecular flexibility index (Phi) is 6.12. The van der Waals surface area contributed by atoms with E-state index < -0.39 is 6.10 Å². The van der Waals surface area contributed by atoms with E-state index >= 15 is 0 Å². The molecule has 3 nitrogen and oxygen atoms in total. The van der Waals surface area contributed by atoms with Crippen molar-refractivity contribution in [3.63, 3.8) is 0 Å². The summed E-state index contributed by atoms with van der Waals surface area (Å²) in [6, 6.07) is 18.9. The van der Waals surface area contributed by atoms with Crippen molar-refractivity contribution in [2.45, 2.75) is 32.5 Å². The number of carbonyl (C=O) groups is 1. The van der Waals surface area contributed by atoms with E-state index in [4.69, 9.17) is 0 Å². The van der Waals surface area contributed by atoms with Gasteiger partial charge in [0.1, 0.15) is 0 Å². The molecule has 2 aromatic rings. The van der Waals surface area contributed by atoms with Gasteiger partial charge < -0.3 is 10.0 Å². The minimum absolute atomic E-state index is 0.0983. The third kappa shape index (κ3) is 4.54. The first-order chi connectivity index (χ1) is 11.1. The normalized spacial score (nSPS) is 13.7. The Morgan fingerprint density at radius 1 is 1.09 bits per heavy atom. The van der Waals surface area contributed by atoms with Crippen LogP contribution in [0.25, 0.3) is 0 Å². The Balaban J connectivity index is 2.23. The van der Waals surface area contributed by atoms with E-state index in [1.165, 1.54) is 6.08 Å². The molecule has 1 amide bonds. The molecule has 2 rings (SSSR count). The largest absolute Gasteiger partial charge is 0.386 e. The van der Waals surface area contributed by atoms with E-state index in [2.05, 4.69) is 0 Å². The van der Waals surface area contributed by atoms with Crippen molar-refractivity contribution >= 4 is 5.91 Å². The number of aliphatic hydroxyl groups excluding tert-OH is 1. The van der Waals surface area contributed by atoms with Crippen molar-refractivity contribution in [2.75, 3.05) is 0 Å². The molecule has 0 saturated heterocycles. The SMILES string of the molecule is C/C=C/C(=O)N(Cc1ccccc1)[C@H](C)[C@@H](O)c1ccccc1. The van der Waals surface area contributed by atoms with Crippen LogP contribution in [0.1, 0.15) is 31.1 Å². The Hall–Kier alpha value is -2.39. The second-order valence-corrected chi connectivity index (χ2v) is 5.55. The van der Waals surface area contributed by atoms with E-state index in [1.54, 1.807) is 11.0 Å².